The third-order valence-corrected chi connectivity index (χ3v) is 8.12. The van der Waals surface area contributed by atoms with Crippen molar-refractivity contribution >= 4 is 17.4 Å². The van der Waals surface area contributed by atoms with Crippen molar-refractivity contribution in [3.63, 3.8) is 0 Å². The van der Waals surface area contributed by atoms with E-state index in [1.54, 1.807) is 0 Å². The molecule has 0 spiro atoms. The standard InChI is InChI=1S/C28H32N6O2S/c1-17(2)36-25-11-8-18(14-19(25)15-29)26-31-32-27(37-26)23-7-5-6-22-21(23)9-10-24(22)30-28(35)34-13-12-20(16-34)33(3)4/h5-8,11,14,17,20,24H,9-10,12-13,16H2,1-4H3,(H,30,35)/t20-,24?/m1/s1. The van der Waals surface area contributed by atoms with Gasteiger partial charge in [-0.3, -0.25) is 0 Å². The number of ether oxygens (including phenoxy) is 1. The number of urea groups is 1. The summed E-state index contributed by atoms with van der Waals surface area (Å²) in [5, 5.41) is 23.4. The van der Waals surface area contributed by atoms with Crippen LogP contribution in [-0.4, -0.2) is 65.4 Å². The van der Waals surface area contributed by atoms with Crippen LogP contribution in [0.25, 0.3) is 21.1 Å². The average Bonchev–Trinajstić information content (AvgIpc) is 3.64. The topological polar surface area (TPSA) is 94.4 Å². The van der Waals surface area contributed by atoms with Crippen molar-refractivity contribution in [2.24, 2.45) is 0 Å². The normalized spacial score (nSPS) is 18.8. The zero-order chi connectivity index (χ0) is 26.1. The van der Waals surface area contributed by atoms with Crippen molar-refractivity contribution in [3.8, 4) is 33.0 Å². The molecule has 1 aliphatic heterocycles. The molecule has 2 atom stereocenters. The highest BCUT2D eigenvalue weighted by Crippen LogP contribution is 2.40. The Hall–Kier alpha value is -3.48. The number of carbonyl (C=O) groups is 1. The fourth-order valence-corrected chi connectivity index (χ4v) is 6.04. The Morgan fingerprint density at radius 3 is 2.76 bits per heavy atom. The molecule has 37 heavy (non-hydrogen) atoms. The van der Waals surface area contributed by atoms with Crippen LogP contribution < -0.4 is 10.1 Å². The van der Waals surface area contributed by atoms with Crippen molar-refractivity contribution in [2.45, 2.75) is 51.3 Å². The number of amides is 2. The molecule has 0 bridgehead atoms. The molecule has 5 rings (SSSR count). The van der Waals surface area contributed by atoms with Crippen LogP contribution in [-0.2, 0) is 6.42 Å². The molecule has 0 radical (unpaired) electrons. The van der Waals surface area contributed by atoms with E-state index in [1.165, 1.54) is 16.9 Å². The summed E-state index contributed by atoms with van der Waals surface area (Å²) < 4.78 is 5.75. The zero-order valence-corrected chi connectivity index (χ0v) is 22.5. The van der Waals surface area contributed by atoms with Crippen molar-refractivity contribution in [3.05, 3.63) is 53.1 Å². The van der Waals surface area contributed by atoms with Gasteiger partial charge in [-0.15, -0.1) is 10.2 Å². The molecular formula is C28H32N6O2S. The first kappa shape index (κ1) is 25.2. The molecule has 8 nitrogen and oxygen atoms in total. The first-order chi connectivity index (χ1) is 17.8. The number of hydrogen-bond donors (Lipinski definition) is 1. The smallest absolute Gasteiger partial charge is 0.317 e. The van der Waals surface area contributed by atoms with Gasteiger partial charge in [0.15, 0.2) is 0 Å². The van der Waals surface area contributed by atoms with Gasteiger partial charge in [0.25, 0.3) is 0 Å². The molecule has 1 fully saturated rings. The molecule has 2 aliphatic rings. The summed E-state index contributed by atoms with van der Waals surface area (Å²) in [4.78, 5) is 17.1. The third kappa shape index (κ3) is 5.17. The van der Waals surface area contributed by atoms with Gasteiger partial charge in [-0.2, -0.15) is 5.26 Å². The van der Waals surface area contributed by atoms with Gasteiger partial charge in [0.05, 0.1) is 17.7 Å². The number of nitriles is 1. The lowest BCUT2D eigenvalue weighted by atomic mass is 10.0. The van der Waals surface area contributed by atoms with Crippen molar-refractivity contribution in [2.75, 3.05) is 27.2 Å². The average molecular weight is 517 g/mol. The number of nitrogens with zero attached hydrogens (tertiary/aromatic N) is 5. The predicted molar refractivity (Wildman–Crippen MR) is 145 cm³/mol. The summed E-state index contributed by atoms with van der Waals surface area (Å²) in [6.45, 7) is 5.44. The van der Waals surface area contributed by atoms with Gasteiger partial charge in [0.1, 0.15) is 21.8 Å². The number of rotatable bonds is 6. The first-order valence-electron chi connectivity index (χ1n) is 12.7. The van der Waals surface area contributed by atoms with E-state index in [9.17, 15) is 10.1 Å². The van der Waals surface area contributed by atoms with E-state index in [4.69, 9.17) is 4.74 Å². The first-order valence-corrected chi connectivity index (χ1v) is 13.5. The third-order valence-electron chi connectivity index (χ3n) is 7.11. The van der Waals surface area contributed by atoms with E-state index >= 15 is 0 Å². The maximum Gasteiger partial charge on any atom is 0.317 e. The number of fused-ring (bicyclic) bond motifs is 1. The number of aromatic nitrogens is 2. The molecule has 2 aromatic carbocycles. The van der Waals surface area contributed by atoms with Gasteiger partial charge in [0.2, 0.25) is 0 Å². The largest absolute Gasteiger partial charge is 0.490 e. The van der Waals surface area contributed by atoms with Crippen LogP contribution in [0.4, 0.5) is 4.79 Å². The Kier molecular flexibility index (Phi) is 7.13. The van der Waals surface area contributed by atoms with Gasteiger partial charge < -0.3 is 19.9 Å². The van der Waals surface area contributed by atoms with Gasteiger partial charge in [0, 0.05) is 30.3 Å². The molecule has 1 saturated heterocycles. The van der Waals surface area contributed by atoms with Gasteiger partial charge in [-0.1, -0.05) is 29.5 Å². The number of likely N-dealkylation sites (N-methyl/N-ethyl adjacent to an activating group) is 1. The van der Waals surface area contributed by atoms with Crippen LogP contribution in [0, 0.1) is 11.3 Å². The summed E-state index contributed by atoms with van der Waals surface area (Å²) in [6.07, 6.45) is 2.75. The quantitative estimate of drug-likeness (QED) is 0.503. The predicted octanol–water partition coefficient (Wildman–Crippen LogP) is 4.86. The highest BCUT2D eigenvalue weighted by atomic mass is 32.1. The van der Waals surface area contributed by atoms with Crippen LogP contribution in [0.2, 0.25) is 0 Å². The van der Waals surface area contributed by atoms with Crippen molar-refractivity contribution in [1.29, 1.82) is 5.26 Å². The molecule has 3 aromatic rings. The lowest BCUT2D eigenvalue weighted by Gasteiger charge is -2.23. The summed E-state index contributed by atoms with van der Waals surface area (Å²) >= 11 is 1.51. The highest BCUT2D eigenvalue weighted by molar-refractivity contribution is 7.17. The SMILES string of the molecule is CC(C)Oc1ccc(-c2nnc(-c3cccc4c3CCC4NC(=O)N3CC[C@@H](N(C)C)C3)s2)cc1C#N. The number of nitrogens with one attached hydrogen (secondary N) is 1. The second-order valence-corrected chi connectivity index (χ2v) is 11.1. The summed E-state index contributed by atoms with van der Waals surface area (Å²) in [7, 11) is 4.14. The minimum absolute atomic E-state index is 0.0000589. The Morgan fingerprint density at radius 2 is 2.03 bits per heavy atom. The molecule has 1 unspecified atom stereocenters. The van der Waals surface area contributed by atoms with Crippen LogP contribution in [0.5, 0.6) is 5.75 Å². The van der Waals surface area contributed by atoms with Crippen LogP contribution >= 0.6 is 11.3 Å². The highest BCUT2D eigenvalue weighted by Gasteiger charge is 2.32. The van der Waals surface area contributed by atoms with Crippen molar-refractivity contribution in [1.82, 2.24) is 25.3 Å². The number of likely N-dealkylation sites (tertiary alicyclic amines) is 1. The Labute approximate surface area is 221 Å². The fourth-order valence-electron chi connectivity index (χ4n) is 5.15. The maximum absolute atomic E-state index is 13.0. The summed E-state index contributed by atoms with van der Waals surface area (Å²) in [5.41, 5.74) is 4.77. The Morgan fingerprint density at radius 1 is 1.22 bits per heavy atom. The summed E-state index contributed by atoms with van der Waals surface area (Å²) in [6, 6.07) is 14.4. The molecule has 192 valence electrons. The van der Waals surface area contributed by atoms with Gasteiger partial charge in [-0.05, 0) is 76.5 Å². The van der Waals surface area contributed by atoms with Crippen molar-refractivity contribution < 1.29 is 9.53 Å². The van der Waals surface area contributed by atoms with E-state index in [0.29, 0.717) is 17.4 Å². The lowest BCUT2D eigenvalue weighted by molar-refractivity contribution is 0.199. The zero-order valence-electron chi connectivity index (χ0n) is 21.7. The monoisotopic (exact) mass is 516 g/mol. The second kappa shape index (κ2) is 10.5. The molecule has 9 heteroatoms. The second-order valence-electron chi connectivity index (χ2n) is 10.2. The van der Waals surface area contributed by atoms with E-state index in [2.05, 4.69) is 52.7 Å². The van der Waals surface area contributed by atoms with Gasteiger partial charge >= 0.3 is 6.03 Å². The number of carbonyl (C=O) groups excluding carboxylic acids is 1. The van der Waals surface area contributed by atoms with E-state index in [-0.39, 0.29) is 18.2 Å². The molecule has 1 N–H and O–H groups in total. The molecule has 1 aromatic heterocycles. The number of hydrogen-bond acceptors (Lipinski definition) is 7. The minimum Gasteiger partial charge on any atom is -0.490 e. The van der Waals surface area contributed by atoms with Crippen LogP contribution in [0.3, 0.4) is 0 Å². The molecule has 2 heterocycles. The lowest BCUT2D eigenvalue weighted by Crippen LogP contribution is -2.41. The maximum atomic E-state index is 13.0. The van der Waals surface area contributed by atoms with E-state index in [0.717, 1.165) is 59.1 Å². The number of benzene rings is 2. The Balaban J connectivity index is 1.34. The molecule has 2 amide bonds. The Bertz CT molecular complexity index is 1340. The molecular weight excluding hydrogens is 484 g/mol. The van der Waals surface area contributed by atoms with Crippen LogP contribution in [0.1, 0.15) is 49.4 Å². The van der Waals surface area contributed by atoms with Gasteiger partial charge in [-0.25, -0.2) is 4.79 Å². The minimum atomic E-state index is -0.00909. The van der Waals surface area contributed by atoms with E-state index < -0.39 is 0 Å². The molecule has 1 aliphatic carbocycles. The molecule has 0 saturated carbocycles. The van der Waals surface area contributed by atoms with Crippen LogP contribution in [0.15, 0.2) is 36.4 Å². The fraction of sp³-hybridized carbons (Fsp3) is 0.429. The summed E-state index contributed by atoms with van der Waals surface area (Å²) in [5.74, 6) is 0.575. The van der Waals surface area contributed by atoms with E-state index in [1.807, 2.05) is 43.0 Å².